The fourth-order valence-electron chi connectivity index (χ4n) is 3.39. The van der Waals surface area contributed by atoms with Crippen LogP contribution in [0.4, 0.5) is 0 Å². The number of rotatable bonds is 7. The van der Waals surface area contributed by atoms with Crippen molar-refractivity contribution < 1.29 is 0 Å². The molecule has 1 unspecified atom stereocenters. The summed E-state index contributed by atoms with van der Waals surface area (Å²) >= 11 is 1.82. The summed E-state index contributed by atoms with van der Waals surface area (Å²) in [4.78, 5) is 8.68. The van der Waals surface area contributed by atoms with E-state index in [1.165, 1.54) is 30.8 Å². The van der Waals surface area contributed by atoms with Gasteiger partial charge in [0, 0.05) is 18.0 Å². The van der Waals surface area contributed by atoms with Crippen LogP contribution in [0, 0.1) is 11.3 Å². The number of aliphatic imine (C=N–C) groups is 1. The molecule has 150 valence electrons. The largest absolute Gasteiger partial charge is 0.357 e. The Bertz CT molecular complexity index is 778. The Hall–Kier alpha value is -1.63. The second kappa shape index (κ2) is 12.0. The van der Waals surface area contributed by atoms with Crippen molar-refractivity contribution in [1.82, 2.24) is 15.5 Å². The highest BCUT2D eigenvalue weighted by atomic mass is 127. The fourth-order valence-corrected chi connectivity index (χ4v) is 4.25. The van der Waals surface area contributed by atoms with Crippen molar-refractivity contribution in [2.45, 2.75) is 32.4 Å². The second-order valence-corrected chi connectivity index (χ2v) is 7.64. The monoisotopic (exact) mass is 509 g/mol. The van der Waals surface area contributed by atoms with E-state index < -0.39 is 0 Å². The zero-order valence-corrected chi connectivity index (χ0v) is 19.4. The number of nitrogens with zero attached hydrogens (tertiary/aromatic N) is 3. The van der Waals surface area contributed by atoms with Gasteiger partial charge in [0.05, 0.1) is 24.2 Å². The van der Waals surface area contributed by atoms with Crippen LogP contribution in [0.5, 0.6) is 0 Å². The quantitative estimate of drug-likeness (QED) is 0.335. The molecule has 28 heavy (non-hydrogen) atoms. The number of halogens is 1. The Labute approximate surface area is 188 Å². The van der Waals surface area contributed by atoms with E-state index in [1.54, 1.807) is 0 Å². The van der Waals surface area contributed by atoms with Crippen molar-refractivity contribution >= 4 is 41.3 Å². The summed E-state index contributed by atoms with van der Waals surface area (Å²) in [5.41, 5.74) is 1.72. The number of guanidine groups is 1. The van der Waals surface area contributed by atoms with Crippen LogP contribution in [0.25, 0.3) is 0 Å². The molecule has 1 fully saturated rings. The predicted molar refractivity (Wildman–Crippen MR) is 127 cm³/mol. The maximum Gasteiger partial charge on any atom is 0.191 e. The summed E-state index contributed by atoms with van der Waals surface area (Å²) in [6, 6.07) is 14.6. The number of nitrogens with one attached hydrogen (secondary N) is 2. The second-order valence-electron chi connectivity index (χ2n) is 6.66. The summed E-state index contributed by atoms with van der Waals surface area (Å²) in [6.45, 7) is 6.61. The normalized spacial score (nSPS) is 15.5. The van der Waals surface area contributed by atoms with Gasteiger partial charge in [0.25, 0.3) is 0 Å². The van der Waals surface area contributed by atoms with Crippen molar-refractivity contribution in [3.8, 4) is 6.07 Å². The van der Waals surface area contributed by atoms with Crippen LogP contribution in [-0.4, -0.2) is 37.0 Å². The molecule has 1 saturated heterocycles. The van der Waals surface area contributed by atoms with E-state index in [4.69, 9.17) is 10.3 Å². The van der Waals surface area contributed by atoms with Gasteiger partial charge in [-0.3, -0.25) is 4.90 Å². The lowest BCUT2D eigenvalue weighted by Gasteiger charge is -2.27. The molecule has 0 radical (unpaired) electrons. The van der Waals surface area contributed by atoms with Gasteiger partial charge in [-0.25, -0.2) is 4.99 Å². The van der Waals surface area contributed by atoms with Gasteiger partial charge < -0.3 is 10.6 Å². The van der Waals surface area contributed by atoms with Crippen LogP contribution in [0.15, 0.2) is 46.8 Å². The first kappa shape index (κ1) is 22.7. The first-order valence-corrected chi connectivity index (χ1v) is 10.5. The van der Waals surface area contributed by atoms with Crippen LogP contribution in [0.2, 0.25) is 0 Å². The highest BCUT2D eigenvalue weighted by molar-refractivity contribution is 14.0. The maximum absolute atomic E-state index is 9.05. The summed E-state index contributed by atoms with van der Waals surface area (Å²) in [6.07, 6.45) is 2.57. The Balaban J connectivity index is 0.00000280. The van der Waals surface area contributed by atoms with Crippen LogP contribution in [-0.2, 0) is 6.54 Å². The predicted octanol–water partition coefficient (Wildman–Crippen LogP) is 4.13. The van der Waals surface area contributed by atoms with Crippen molar-refractivity contribution in [3.05, 3.63) is 57.8 Å². The van der Waals surface area contributed by atoms with Gasteiger partial charge in [0.2, 0.25) is 0 Å². The first-order chi connectivity index (χ1) is 13.3. The van der Waals surface area contributed by atoms with E-state index in [1.807, 2.05) is 35.6 Å². The minimum absolute atomic E-state index is 0. The molecular formula is C21H28IN5S. The molecule has 1 aliphatic rings. The molecule has 3 rings (SSSR count). The average molecular weight is 509 g/mol. The SMILES string of the molecule is CCNC(=NCc1cccc(C#N)c1)NCC(c1cccs1)N1CCCC1.I. The Morgan fingerprint density at radius 3 is 2.75 bits per heavy atom. The number of thiophene rings is 1. The van der Waals surface area contributed by atoms with Crippen LogP contribution < -0.4 is 10.6 Å². The zero-order chi connectivity index (χ0) is 18.9. The van der Waals surface area contributed by atoms with E-state index in [2.05, 4.69) is 46.0 Å². The highest BCUT2D eigenvalue weighted by Gasteiger charge is 2.24. The number of nitriles is 1. The molecule has 7 heteroatoms. The van der Waals surface area contributed by atoms with Crippen LogP contribution in [0.3, 0.4) is 0 Å². The Kier molecular flexibility index (Phi) is 9.75. The van der Waals surface area contributed by atoms with Gasteiger partial charge in [-0.15, -0.1) is 35.3 Å². The molecule has 0 aliphatic carbocycles. The standard InChI is InChI=1S/C21H27N5S.HI/c1-2-23-21(24-15-18-8-5-7-17(13-18)14-22)25-16-19(20-9-6-12-27-20)26-10-3-4-11-26;/h5-9,12-13,19H,2-4,10-11,15-16H2,1H3,(H2,23,24,25);1H. The van der Waals surface area contributed by atoms with Gasteiger partial charge >= 0.3 is 0 Å². The van der Waals surface area contributed by atoms with Gasteiger partial charge in [-0.2, -0.15) is 5.26 Å². The molecule has 2 aromatic rings. The minimum Gasteiger partial charge on any atom is -0.357 e. The smallest absolute Gasteiger partial charge is 0.191 e. The molecule has 0 amide bonds. The molecule has 2 heterocycles. The minimum atomic E-state index is 0. The molecular weight excluding hydrogens is 481 g/mol. The van der Waals surface area contributed by atoms with E-state index in [0.29, 0.717) is 18.2 Å². The first-order valence-electron chi connectivity index (χ1n) is 9.59. The highest BCUT2D eigenvalue weighted by Crippen LogP contribution is 2.27. The van der Waals surface area contributed by atoms with E-state index in [9.17, 15) is 0 Å². The lowest BCUT2D eigenvalue weighted by molar-refractivity contribution is 0.249. The van der Waals surface area contributed by atoms with Crippen molar-refractivity contribution in [1.29, 1.82) is 5.26 Å². The van der Waals surface area contributed by atoms with E-state index in [-0.39, 0.29) is 24.0 Å². The summed E-state index contributed by atoms with van der Waals surface area (Å²) in [5.74, 6) is 0.820. The molecule has 0 spiro atoms. The molecule has 0 saturated carbocycles. The van der Waals surface area contributed by atoms with Crippen molar-refractivity contribution in [2.24, 2.45) is 4.99 Å². The zero-order valence-electron chi connectivity index (χ0n) is 16.2. The molecule has 1 aromatic heterocycles. The summed E-state index contributed by atoms with van der Waals surface area (Å²) < 4.78 is 0. The lowest BCUT2D eigenvalue weighted by Crippen LogP contribution is -2.42. The van der Waals surface area contributed by atoms with Crippen molar-refractivity contribution in [2.75, 3.05) is 26.2 Å². The van der Waals surface area contributed by atoms with Gasteiger partial charge in [0.15, 0.2) is 5.96 Å². The Morgan fingerprint density at radius 1 is 1.25 bits per heavy atom. The number of hydrogen-bond acceptors (Lipinski definition) is 4. The maximum atomic E-state index is 9.05. The summed E-state index contributed by atoms with van der Waals surface area (Å²) in [7, 11) is 0. The molecule has 1 aromatic carbocycles. The molecule has 1 aliphatic heterocycles. The molecule has 2 N–H and O–H groups in total. The topological polar surface area (TPSA) is 63.5 Å². The van der Waals surface area contributed by atoms with Gasteiger partial charge in [0.1, 0.15) is 0 Å². The van der Waals surface area contributed by atoms with E-state index >= 15 is 0 Å². The third-order valence-corrected chi connectivity index (χ3v) is 5.71. The van der Waals surface area contributed by atoms with Crippen LogP contribution in [0.1, 0.15) is 41.8 Å². The van der Waals surface area contributed by atoms with E-state index in [0.717, 1.165) is 24.6 Å². The average Bonchev–Trinajstić information content (AvgIpc) is 3.41. The van der Waals surface area contributed by atoms with Crippen LogP contribution >= 0.6 is 35.3 Å². The Morgan fingerprint density at radius 2 is 2.07 bits per heavy atom. The number of benzene rings is 1. The fraction of sp³-hybridized carbons (Fsp3) is 0.429. The lowest BCUT2D eigenvalue weighted by atomic mass is 10.1. The van der Waals surface area contributed by atoms with Gasteiger partial charge in [-0.05, 0) is 62.0 Å². The molecule has 0 bridgehead atoms. The van der Waals surface area contributed by atoms with Crippen molar-refractivity contribution in [3.63, 3.8) is 0 Å². The number of hydrogen-bond donors (Lipinski definition) is 2. The third-order valence-electron chi connectivity index (χ3n) is 4.74. The molecule has 5 nitrogen and oxygen atoms in total. The number of likely N-dealkylation sites (tertiary alicyclic amines) is 1. The summed E-state index contributed by atoms with van der Waals surface area (Å²) in [5, 5.41) is 18.1. The van der Waals surface area contributed by atoms with Gasteiger partial charge in [-0.1, -0.05) is 18.2 Å². The third kappa shape index (κ3) is 6.47. The molecule has 1 atom stereocenters.